The smallest absolute Gasteiger partial charge is 0.253 e. The highest BCUT2D eigenvalue weighted by Crippen LogP contribution is 2.25. The van der Waals surface area contributed by atoms with Crippen molar-refractivity contribution in [2.75, 3.05) is 31.7 Å². The molecular formula is C14H20N2O2. The number of morpholine rings is 1. The number of hydrogen-bond donors (Lipinski definition) is 1. The second-order valence-electron chi connectivity index (χ2n) is 4.78. The Labute approximate surface area is 108 Å². The molecule has 1 aliphatic rings. The van der Waals surface area contributed by atoms with Crippen molar-refractivity contribution < 1.29 is 9.53 Å². The number of nitrogens with one attached hydrogen (secondary N) is 1. The third-order valence-electron chi connectivity index (χ3n) is 3.22. The van der Waals surface area contributed by atoms with Gasteiger partial charge >= 0.3 is 0 Å². The van der Waals surface area contributed by atoms with Crippen molar-refractivity contribution in [2.24, 2.45) is 0 Å². The fourth-order valence-corrected chi connectivity index (χ4v) is 2.42. The van der Waals surface area contributed by atoms with Crippen LogP contribution in [0.15, 0.2) is 18.2 Å². The molecule has 1 amide bonds. The fraction of sp³-hybridized carbons (Fsp3) is 0.500. The Kier molecular flexibility index (Phi) is 3.99. The second-order valence-corrected chi connectivity index (χ2v) is 4.78. The Hall–Kier alpha value is -1.39. The van der Waals surface area contributed by atoms with E-state index in [0.717, 1.165) is 17.8 Å². The monoisotopic (exact) mass is 248 g/mol. The lowest BCUT2D eigenvalue weighted by Crippen LogP contribution is -2.53. The van der Waals surface area contributed by atoms with Crippen molar-refractivity contribution in [3.8, 4) is 0 Å². The summed E-state index contributed by atoms with van der Waals surface area (Å²) in [5.41, 5.74) is 3.34. The summed E-state index contributed by atoms with van der Waals surface area (Å²) in [6.07, 6.45) is 0. The third-order valence-corrected chi connectivity index (χ3v) is 3.22. The molecule has 2 rings (SSSR count). The molecule has 1 atom stereocenters. The van der Waals surface area contributed by atoms with Crippen molar-refractivity contribution in [2.45, 2.75) is 19.9 Å². The standard InChI is InChI=1S/C14H20N2O2/c1-10-4-5-13(11(2)6-10)16-12(7-15-3)8-18-9-14(16)17/h4-6,12,15H,7-9H2,1-3H3. The van der Waals surface area contributed by atoms with Gasteiger partial charge in [-0.05, 0) is 32.5 Å². The summed E-state index contributed by atoms with van der Waals surface area (Å²) in [4.78, 5) is 14.0. The van der Waals surface area contributed by atoms with Crippen LogP contribution >= 0.6 is 0 Å². The molecule has 1 saturated heterocycles. The minimum atomic E-state index is 0.0356. The van der Waals surface area contributed by atoms with Crippen molar-refractivity contribution in [3.05, 3.63) is 29.3 Å². The minimum Gasteiger partial charge on any atom is -0.369 e. The van der Waals surface area contributed by atoms with E-state index >= 15 is 0 Å². The largest absolute Gasteiger partial charge is 0.369 e. The van der Waals surface area contributed by atoms with Crippen LogP contribution in [0.1, 0.15) is 11.1 Å². The maximum Gasteiger partial charge on any atom is 0.253 e. The van der Waals surface area contributed by atoms with Gasteiger partial charge in [0.15, 0.2) is 0 Å². The second kappa shape index (κ2) is 5.50. The number of carbonyl (C=O) groups is 1. The summed E-state index contributed by atoms with van der Waals surface area (Å²) in [5.74, 6) is 0.0356. The Balaban J connectivity index is 2.34. The first-order valence-corrected chi connectivity index (χ1v) is 6.25. The number of benzene rings is 1. The van der Waals surface area contributed by atoms with Gasteiger partial charge < -0.3 is 15.0 Å². The van der Waals surface area contributed by atoms with Crippen molar-refractivity contribution in [1.29, 1.82) is 0 Å². The molecule has 1 fully saturated rings. The molecule has 1 aliphatic heterocycles. The highest BCUT2D eigenvalue weighted by Gasteiger charge is 2.30. The van der Waals surface area contributed by atoms with Crippen LogP contribution in [0, 0.1) is 13.8 Å². The van der Waals surface area contributed by atoms with Crippen LogP contribution in [0.4, 0.5) is 5.69 Å². The van der Waals surface area contributed by atoms with Gasteiger partial charge in [-0.25, -0.2) is 0 Å². The van der Waals surface area contributed by atoms with Crippen molar-refractivity contribution in [1.82, 2.24) is 5.32 Å². The van der Waals surface area contributed by atoms with Crippen LogP contribution in [0.2, 0.25) is 0 Å². The molecule has 0 saturated carbocycles. The van der Waals surface area contributed by atoms with Crippen LogP contribution < -0.4 is 10.2 Å². The van der Waals surface area contributed by atoms with E-state index in [1.165, 1.54) is 5.56 Å². The number of hydrogen-bond acceptors (Lipinski definition) is 3. The van der Waals surface area contributed by atoms with Gasteiger partial charge in [0.1, 0.15) is 6.61 Å². The van der Waals surface area contributed by atoms with E-state index in [2.05, 4.69) is 18.3 Å². The van der Waals surface area contributed by atoms with Crippen molar-refractivity contribution >= 4 is 11.6 Å². The third kappa shape index (κ3) is 2.54. The summed E-state index contributed by atoms with van der Waals surface area (Å²) in [6.45, 7) is 5.59. The van der Waals surface area contributed by atoms with Gasteiger partial charge in [0, 0.05) is 12.2 Å². The lowest BCUT2D eigenvalue weighted by Gasteiger charge is -2.36. The molecule has 1 aromatic carbocycles. The van der Waals surface area contributed by atoms with Crippen molar-refractivity contribution in [3.63, 3.8) is 0 Å². The van der Waals surface area contributed by atoms with Gasteiger partial charge in [-0.3, -0.25) is 4.79 Å². The predicted octanol–water partition coefficient (Wildman–Crippen LogP) is 1.25. The van der Waals surface area contributed by atoms with E-state index in [0.29, 0.717) is 6.61 Å². The number of nitrogens with zero attached hydrogens (tertiary/aromatic N) is 1. The normalized spacial score (nSPS) is 20.3. The van der Waals surface area contributed by atoms with E-state index in [1.807, 2.05) is 31.0 Å². The predicted molar refractivity (Wildman–Crippen MR) is 71.9 cm³/mol. The first-order valence-electron chi connectivity index (χ1n) is 6.25. The number of likely N-dealkylation sites (N-methyl/N-ethyl adjacent to an activating group) is 1. The van der Waals surface area contributed by atoms with Crippen LogP contribution in [0.3, 0.4) is 0 Å². The van der Waals surface area contributed by atoms with E-state index in [-0.39, 0.29) is 18.6 Å². The lowest BCUT2D eigenvalue weighted by atomic mass is 10.1. The molecule has 0 radical (unpaired) electrons. The Morgan fingerprint density at radius 2 is 2.22 bits per heavy atom. The highest BCUT2D eigenvalue weighted by molar-refractivity contribution is 5.96. The van der Waals surface area contributed by atoms with E-state index < -0.39 is 0 Å². The summed E-state index contributed by atoms with van der Waals surface area (Å²) < 4.78 is 5.33. The molecule has 1 unspecified atom stereocenters. The molecule has 98 valence electrons. The van der Waals surface area contributed by atoms with Gasteiger partial charge in [0.05, 0.1) is 12.6 Å². The van der Waals surface area contributed by atoms with Crippen LogP contribution in [-0.2, 0) is 9.53 Å². The number of carbonyl (C=O) groups excluding carboxylic acids is 1. The molecule has 4 heteroatoms. The summed E-state index contributed by atoms with van der Waals surface area (Å²) in [6, 6.07) is 6.24. The molecule has 1 heterocycles. The average Bonchev–Trinajstić information content (AvgIpc) is 2.31. The van der Waals surface area contributed by atoms with Gasteiger partial charge in [-0.1, -0.05) is 17.7 Å². The Bertz CT molecular complexity index is 443. The molecule has 0 spiro atoms. The lowest BCUT2D eigenvalue weighted by molar-refractivity contribution is -0.127. The summed E-state index contributed by atoms with van der Waals surface area (Å²) in [7, 11) is 1.89. The molecule has 0 aliphatic carbocycles. The molecule has 0 aromatic heterocycles. The number of aryl methyl sites for hydroxylation is 2. The van der Waals surface area contributed by atoms with Crippen LogP contribution in [0.25, 0.3) is 0 Å². The van der Waals surface area contributed by atoms with Gasteiger partial charge in [-0.15, -0.1) is 0 Å². The quantitative estimate of drug-likeness (QED) is 0.875. The summed E-state index contributed by atoms with van der Waals surface area (Å²) in [5, 5.41) is 3.11. The van der Waals surface area contributed by atoms with E-state index in [9.17, 15) is 4.79 Å². The Morgan fingerprint density at radius 1 is 1.44 bits per heavy atom. The van der Waals surface area contributed by atoms with E-state index in [1.54, 1.807) is 0 Å². The summed E-state index contributed by atoms with van der Waals surface area (Å²) >= 11 is 0. The average molecular weight is 248 g/mol. The number of anilines is 1. The minimum absolute atomic E-state index is 0.0356. The molecule has 1 aromatic rings. The highest BCUT2D eigenvalue weighted by atomic mass is 16.5. The Morgan fingerprint density at radius 3 is 2.89 bits per heavy atom. The molecule has 1 N–H and O–H groups in total. The fourth-order valence-electron chi connectivity index (χ4n) is 2.42. The SMILES string of the molecule is CNCC1COCC(=O)N1c1ccc(C)cc1C. The topological polar surface area (TPSA) is 41.6 Å². The zero-order chi connectivity index (χ0) is 13.1. The van der Waals surface area contributed by atoms with Gasteiger partial charge in [0.2, 0.25) is 0 Å². The van der Waals surface area contributed by atoms with Crippen LogP contribution in [-0.4, -0.2) is 38.8 Å². The first kappa shape index (κ1) is 13.1. The molecule has 4 nitrogen and oxygen atoms in total. The zero-order valence-electron chi connectivity index (χ0n) is 11.2. The van der Waals surface area contributed by atoms with Crippen LogP contribution in [0.5, 0.6) is 0 Å². The number of ether oxygens (including phenoxy) is 1. The molecule has 18 heavy (non-hydrogen) atoms. The first-order chi connectivity index (χ1) is 8.63. The zero-order valence-corrected chi connectivity index (χ0v) is 11.2. The maximum atomic E-state index is 12.1. The molecule has 0 bridgehead atoms. The number of amides is 1. The number of rotatable bonds is 3. The van der Waals surface area contributed by atoms with Gasteiger partial charge in [0.25, 0.3) is 5.91 Å². The van der Waals surface area contributed by atoms with E-state index in [4.69, 9.17) is 4.74 Å². The van der Waals surface area contributed by atoms with Gasteiger partial charge in [-0.2, -0.15) is 0 Å². The maximum absolute atomic E-state index is 12.1. The molecular weight excluding hydrogens is 228 g/mol.